The monoisotopic (exact) mass is 300 g/mol. The molecule has 122 valence electrons. The van der Waals surface area contributed by atoms with Crippen LogP contribution in [-0.4, -0.2) is 49.3 Å². The summed E-state index contributed by atoms with van der Waals surface area (Å²) >= 11 is 0. The molecule has 0 aromatic heterocycles. The zero-order valence-electron chi connectivity index (χ0n) is 13.1. The van der Waals surface area contributed by atoms with Crippen molar-refractivity contribution < 1.29 is 19.4 Å². The molecule has 1 aliphatic carbocycles. The predicted molar refractivity (Wildman–Crippen MR) is 80.1 cm³/mol. The average molecular weight is 300 g/mol. The highest BCUT2D eigenvalue weighted by atomic mass is 16.5. The summed E-state index contributed by atoms with van der Waals surface area (Å²) in [6.45, 7) is 6.06. The molecule has 0 aromatic carbocycles. The molecule has 0 bridgehead atoms. The molecular formula is C15H28N2O4. The zero-order chi connectivity index (χ0) is 15.7. The van der Waals surface area contributed by atoms with Gasteiger partial charge in [0, 0.05) is 13.2 Å². The Bertz CT molecular complexity index is 334. The van der Waals surface area contributed by atoms with Gasteiger partial charge in [-0.15, -0.1) is 0 Å². The first-order valence-corrected chi connectivity index (χ1v) is 7.82. The van der Waals surface area contributed by atoms with Crippen LogP contribution in [0.25, 0.3) is 0 Å². The van der Waals surface area contributed by atoms with Crippen LogP contribution in [-0.2, 0) is 14.3 Å². The van der Waals surface area contributed by atoms with Crippen LogP contribution in [0.4, 0.5) is 0 Å². The topological polar surface area (TPSA) is 87.7 Å². The first kappa shape index (κ1) is 17.9. The van der Waals surface area contributed by atoms with Crippen molar-refractivity contribution in [1.29, 1.82) is 0 Å². The van der Waals surface area contributed by atoms with E-state index < -0.39 is 5.97 Å². The number of aliphatic carboxylic acids is 1. The number of hydrogen-bond acceptors (Lipinski definition) is 4. The van der Waals surface area contributed by atoms with E-state index in [-0.39, 0.29) is 30.4 Å². The smallest absolute Gasteiger partial charge is 0.306 e. The summed E-state index contributed by atoms with van der Waals surface area (Å²) in [5.74, 6) is -0.873. The van der Waals surface area contributed by atoms with Gasteiger partial charge in [-0.2, -0.15) is 0 Å². The Hall–Kier alpha value is -1.14. The fraction of sp³-hybridized carbons (Fsp3) is 0.867. The summed E-state index contributed by atoms with van der Waals surface area (Å²) in [4.78, 5) is 22.6. The largest absolute Gasteiger partial charge is 0.481 e. The molecule has 0 spiro atoms. The summed E-state index contributed by atoms with van der Waals surface area (Å²) in [6, 6.07) is 0. The van der Waals surface area contributed by atoms with Crippen LogP contribution in [0.5, 0.6) is 0 Å². The first-order valence-electron chi connectivity index (χ1n) is 7.82. The van der Waals surface area contributed by atoms with E-state index in [1.807, 2.05) is 13.8 Å². The standard InChI is InChI=1S/C15H28N2O4/c1-11(2)21-8-4-7-17-14(18)10-16-9-12-5-3-6-13(12)15(19)20/h11-13,16H,3-10H2,1-2H3,(H,17,18)(H,19,20). The number of amides is 1. The van der Waals surface area contributed by atoms with Crippen LogP contribution in [0.2, 0.25) is 0 Å². The third-order valence-electron chi connectivity index (χ3n) is 3.76. The molecule has 1 rings (SSSR count). The molecule has 1 saturated carbocycles. The van der Waals surface area contributed by atoms with Gasteiger partial charge in [0.2, 0.25) is 5.91 Å². The van der Waals surface area contributed by atoms with E-state index in [9.17, 15) is 9.59 Å². The first-order chi connectivity index (χ1) is 10.0. The van der Waals surface area contributed by atoms with Crippen LogP contribution >= 0.6 is 0 Å². The van der Waals surface area contributed by atoms with Gasteiger partial charge in [0.1, 0.15) is 0 Å². The number of ether oxygens (including phenoxy) is 1. The van der Waals surface area contributed by atoms with Gasteiger partial charge in [-0.25, -0.2) is 0 Å². The number of nitrogens with one attached hydrogen (secondary N) is 2. The van der Waals surface area contributed by atoms with Crippen LogP contribution in [0.3, 0.4) is 0 Å². The Morgan fingerprint density at radius 1 is 1.33 bits per heavy atom. The van der Waals surface area contributed by atoms with Gasteiger partial charge < -0.3 is 20.5 Å². The molecule has 6 nitrogen and oxygen atoms in total. The molecule has 21 heavy (non-hydrogen) atoms. The van der Waals surface area contributed by atoms with Crippen molar-refractivity contribution in [3.8, 4) is 0 Å². The second kappa shape index (κ2) is 9.73. The minimum absolute atomic E-state index is 0.0515. The molecule has 0 radical (unpaired) electrons. The summed E-state index contributed by atoms with van der Waals surface area (Å²) in [5, 5.41) is 15.0. The molecule has 1 amide bonds. The van der Waals surface area contributed by atoms with Gasteiger partial charge >= 0.3 is 5.97 Å². The van der Waals surface area contributed by atoms with Gasteiger partial charge in [0.25, 0.3) is 0 Å². The Balaban J connectivity index is 2.04. The van der Waals surface area contributed by atoms with Crippen molar-refractivity contribution in [3.05, 3.63) is 0 Å². The summed E-state index contributed by atoms with van der Waals surface area (Å²) in [5.41, 5.74) is 0. The van der Waals surface area contributed by atoms with E-state index >= 15 is 0 Å². The molecule has 6 heteroatoms. The predicted octanol–water partition coefficient (Wildman–Crippen LogP) is 1.01. The van der Waals surface area contributed by atoms with Crippen molar-refractivity contribution in [2.45, 2.75) is 45.6 Å². The second-order valence-electron chi connectivity index (χ2n) is 5.89. The minimum Gasteiger partial charge on any atom is -0.481 e. The number of carbonyl (C=O) groups is 2. The lowest BCUT2D eigenvalue weighted by Crippen LogP contribution is -2.38. The fourth-order valence-corrected chi connectivity index (χ4v) is 2.66. The Morgan fingerprint density at radius 2 is 2.10 bits per heavy atom. The summed E-state index contributed by atoms with van der Waals surface area (Å²) in [6.07, 6.45) is 3.66. The number of hydrogen-bond donors (Lipinski definition) is 3. The van der Waals surface area contributed by atoms with Crippen molar-refractivity contribution in [2.24, 2.45) is 11.8 Å². The second-order valence-corrected chi connectivity index (χ2v) is 5.89. The Kier molecular flexibility index (Phi) is 8.30. The normalized spacial score (nSPS) is 21.7. The molecule has 1 fully saturated rings. The van der Waals surface area contributed by atoms with Crippen LogP contribution in [0.15, 0.2) is 0 Å². The molecule has 3 N–H and O–H groups in total. The molecule has 0 aromatic rings. The minimum atomic E-state index is -0.714. The molecule has 0 aliphatic heterocycles. The van der Waals surface area contributed by atoms with Crippen LogP contribution < -0.4 is 10.6 Å². The molecule has 2 unspecified atom stereocenters. The van der Waals surface area contributed by atoms with E-state index in [4.69, 9.17) is 9.84 Å². The maximum Gasteiger partial charge on any atom is 0.306 e. The highest BCUT2D eigenvalue weighted by molar-refractivity contribution is 5.77. The van der Waals surface area contributed by atoms with Gasteiger partial charge in [0.05, 0.1) is 18.6 Å². The van der Waals surface area contributed by atoms with E-state index in [0.29, 0.717) is 19.7 Å². The number of carboxylic acids is 1. The highest BCUT2D eigenvalue weighted by Gasteiger charge is 2.32. The number of carboxylic acid groups (broad SMARTS) is 1. The maximum absolute atomic E-state index is 11.6. The summed E-state index contributed by atoms with van der Waals surface area (Å²) < 4.78 is 5.38. The van der Waals surface area contributed by atoms with E-state index in [0.717, 1.165) is 25.7 Å². The van der Waals surface area contributed by atoms with E-state index in [2.05, 4.69) is 10.6 Å². The Morgan fingerprint density at radius 3 is 2.76 bits per heavy atom. The third kappa shape index (κ3) is 7.43. The Labute approximate surface area is 126 Å². The SMILES string of the molecule is CC(C)OCCCNC(=O)CNCC1CCCC1C(=O)O. The zero-order valence-corrected chi connectivity index (χ0v) is 13.1. The lowest BCUT2D eigenvalue weighted by molar-refractivity contribution is -0.142. The van der Waals surface area contributed by atoms with Crippen molar-refractivity contribution in [2.75, 3.05) is 26.2 Å². The quantitative estimate of drug-likeness (QED) is 0.524. The molecule has 0 heterocycles. The van der Waals surface area contributed by atoms with Crippen LogP contribution in [0.1, 0.15) is 39.5 Å². The van der Waals surface area contributed by atoms with Gasteiger partial charge in [-0.05, 0) is 45.6 Å². The fourth-order valence-electron chi connectivity index (χ4n) is 2.66. The highest BCUT2D eigenvalue weighted by Crippen LogP contribution is 2.31. The van der Waals surface area contributed by atoms with Gasteiger partial charge in [-0.1, -0.05) is 6.42 Å². The van der Waals surface area contributed by atoms with Crippen molar-refractivity contribution in [1.82, 2.24) is 10.6 Å². The third-order valence-corrected chi connectivity index (χ3v) is 3.76. The van der Waals surface area contributed by atoms with Gasteiger partial charge in [0.15, 0.2) is 0 Å². The molecule has 2 atom stereocenters. The number of rotatable bonds is 10. The molecule has 0 saturated heterocycles. The van der Waals surface area contributed by atoms with E-state index in [1.165, 1.54) is 0 Å². The summed E-state index contributed by atoms with van der Waals surface area (Å²) in [7, 11) is 0. The lowest BCUT2D eigenvalue weighted by atomic mass is 9.96. The van der Waals surface area contributed by atoms with Crippen LogP contribution in [0, 0.1) is 11.8 Å². The maximum atomic E-state index is 11.6. The molecular weight excluding hydrogens is 272 g/mol. The van der Waals surface area contributed by atoms with Crippen molar-refractivity contribution >= 4 is 11.9 Å². The van der Waals surface area contributed by atoms with Crippen molar-refractivity contribution in [3.63, 3.8) is 0 Å². The van der Waals surface area contributed by atoms with Gasteiger partial charge in [-0.3, -0.25) is 9.59 Å². The molecule has 1 aliphatic rings. The lowest BCUT2D eigenvalue weighted by Gasteiger charge is -2.16. The average Bonchev–Trinajstić information content (AvgIpc) is 2.86. The van der Waals surface area contributed by atoms with E-state index in [1.54, 1.807) is 0 Å². The number of carbonyl (C=O) groups excluding carboxylic acids is 1.